The topological polar surface area (TPSA) is 61.2 Å². The molecule has 17 heavy (non-hydrogen) atoms. The molecule has 1 heterocycles. The van der Waals surface area contributed by atoms with Gasteiger partial charge in [0.1, 0.15) is 5.41 Å². The van der Waals surface area contributed by atoms with E-state index in [4.69, 9.17) is 0 Å². The predicted octanol–water partition coefficient (Wildman–Crippen LogP) is 1.75. The van der Waals surface area contributed by atoms with E-state index in [0.29, 0.717) is 25.9 Å². The number of hydrogen-bond donors (Lipinski definition) is 0. The Morgan fingerprint density at radius 3 is 2.00 bits per heavy atom. The smallest absolute Gasteiger partial charge is 0.219 e. The molecule has 0 radical (unpaired) electrons. The number of rotatable bonds is 1. The van der Waals surface area contributed by atoms with Crippen molar-refractivity contribution < 1.29 is 9.59 Å². The number of carbonyl (C=O) groups is 2. The summed E-state index contributed by atoms with van der Waals surface area (Å²) in [5.74, 6) is 0.00968. The molecule has 0 aliphatic carbocycles. The Hall–Kier alpha value is -1.37. The van der Waals surface area contributed by atoms with Crippen LogP contribution in [0.25, 0.3) is 0 Å². The minimum absolute atomic E-state index is 0.00398. The fourth-order valence-electron chi connectivity index (χ4n) is 2.31. The van der Waals surface area contributed by atoms with Crippen LogP contribution in [0.2, 0.25) is 0 Å². The Morgan fingerprint density at radius 2 is 1.71 bits per heavy atom. The molecule has 0 saturated carbocycles. The number of likely N-dealkylation sites (tertiary alicyclic amines) is 1. The maximum absolute atomic E-state index is 12.3. The van der Waals surface area contributed by atoms with E-state index < -0.39 is 10.8 Å². The average Bonchev–Trinajstić information content (AvgIpc) is 2.26. The van der Waals surface area contributed by atoms with Crippen molar-refractivity contribution >= 4 is 11.7 Å². The van der Waals surface area contributed by atoms with Gasteiger partial charge in [-0.15, -0.1) is 0 Å². The van der Waals surface area contributed by atoms with Crippen molar-refractivity contribution in [1.82, 2.24) is 4.90 Å². The van der Waals surface area contributed by atoms with Gasteiger partial charge in [0, 0.05) is 25.4 Å². The van der Waals surface area contributed by atoms with E-state index in [1.54, 1.807) is 4.90 Å². The normalized spacial score (nSPS) is 19.6. The maximum Gasteiger partial charge on any atom is 0.219 e. The zero-order valence-corrected chi connectivity index (χ0v) is 11.0. The highest BCUT2D eigenvalue weighted by Crippen LogP contribution is 2.38. The van der Waals surface area contributed by atoms with E-state index in [1.165, 1.54) is 6.92 Å². The second-order valence-electron chi connectivity index (χ2n) is 5.78. The Kier molecular flexibility index (Phi) is 3.61. The van der Waals surface area contributed by atoms with E-state index in [1.807, 2.05) is 20.8 Å². The van der Waals surface area contributed by atoms with Crippen molar-refractivity contribution in [3.63, 3.8) is 0 Å². The zero-order chi connectivity index (χ0) is 13.3. The molecule has 0 aromatic rings. The molecular weight excluding hydrogens is 216 g/mol. The summed E-state index contributed by atoms with van der Waals surface area (Å²) in [6.07, 6.45) is 0.915. The number of Topliss-reactive ketones (excluding diaryl/α,β-unsaturated/α-hetero) is 1. The highest BCUT2D eigenvalue weighted by atomic mass is 16.2. The van der Waals surface area contributed by atoms with Gasteiger partial charge in [0.2, 0.25) is 5.91 Å². The lowest BCUT2D eigenvalue weighted by Crippen LogP contribution is -2.48. The van der Waals surface area contributed by atoms with Crippen LogP contribution in [0.1, 0.15) is 40.5 Å². The molecule has 4 nitrogen and oxygen atoms in total. The number of ketones is 1. The van der Waals surface area contributed by atoms with Gasteiger partial charge in [-0.3, -0.25) is 9.59 Å². The highest BCUT2D eigenvalue weighted by Gasteiger charge is 2.46. The summed E-state index contributed by atoms with van der Waals surface area (Å²) >= 11 is 0. The molecule has 1 rings (SSSR count). The van der Waals surface area contributed by atoms with E-state index in [2.05, 4.69) is 6.07 Å². The molecule has 0 aromatic carbocycles. The van der Waals surface area contributed by atoms with Crippen molar-refractivity contribution in [3.8, 4) is 6.07 Å². The second-order valence-corrected chi connectivity index (χ2v) is 5.78. The third-order valence-corrected chi connectivity index (χ3v) is 3.39. The summed E-state index contributed by atoms with van der Waals surface area (Å²) in [4.78, 5) is 25.2. The molecule has 1 aliphatic heterocycles. The van der Waals surface area contributed by atoms with Gasteiger partial charge in [-0.25, -0.2) is 0 Å². The van der Waals surface area contributed by atoms with Crippen molar-refractivity contribution in [1.29, 1.82) is 5.26 Å². The van der Waals surface area contributed by atoms with Crippen LogP contribution in [0.15, 0.2) is 0 Å². The highest BCUT2D eigenvalue weighted by molar-refractivity contribution is 5.92. The van der Waals surface area contributed by atoms with Crippen molar-refractivity contribution in [3.05, 3.63) is 0 Å². The quantitative estimate of drug-likeness (QED) is 0.697. The molecule has 0 unspecified atom stereocenters. The van der Waals surface area contributed by atoms with Crippen molar-refractivity contribution in [2.24, 2.45) is 10.8 Å². The monoisotopic (exact) mass is 236 g/mol. The van der Waals surface area contributed by atoms with Gasteiger partial charge in [-0.2, -0.15) is 5.26 Å². The van der Waals surface area contributed by atoms with E-state index in [0.717, 1.165) is 0 Å². The van der Waals surface area contributed by atoms with Gasteiger partial charge in [-0.1, -0.05) is 20.8 Å². The molecule has 1 aliphatic rings. The van der Waals surface area contributed by atoms with E-state index in [-0.39, 0.29) is 11.7 Å². The van der Waals surface area contributed by atoms with Crippen LogP contribution in [0.4, 0.5) is 0 Å². The lowest BCUT2D eigenvalue weighted by Gasteiger charge is -2.38. The summed E-state index contributed by atoms with van der Waals surface area (Å²) in [6, 6.07) is 2.20. The summed E-state index contributed by atoms with van der Waals surface area (Å²) < 4.78 is 0. The molecule has 0 spiro atoms. The molecule has 94 valence electrons. The lowest BCUT2D eigenvalue weighted by atomic mass is 9.68. The van der Waals surface area contributed by atoms with Gasteiger partial charge < -0.3 is 4.90 Å². The van der Waals surface area contributed by atoms with Crippen LogP contribution in [0.5, 0.6) is 0 Å². The maximum atomic E-state index is 12.3. The number of hydrogen-bond acceptors (Lipinski definition) is 3. The SMILES string of the molecule is CC(=O)N1CCC(C#N)(C(=O)C(C)(C)C)CC1. The van der Waals surface area contributed by atoms with Crippen LogP contribution in [-0.4, -0.2) is 29.7 Å². The Labute approximate surface area is 103 Å². The third kappa shape index (κ3) is 2.66. The largest absolute Gasteiger partial charge is 0.343 e. The number of nitriles is 1. The van der Waals surface area contributed by atoms with E-state index in [9.17, 15) is 14.9 Å². The summed E-state index contributed by atoms with van der Waals surface area (Å²) in [7, 11) is 0. The van der Waals surface area contributed by atoms with Crippen LogP contribution in [-0.2, 0) is 9.59 Å². The summed E-state index contributed by atoms with van der Waals surface area (Å²) in [5, 5.41) is 9.33. The van der Waals surface area contributed by atoms with Crippen LogP contribution >= 0.6 is 0 Å². The van der Waals surface area contributed by atoms with Crippen LogP contribution < -0.4 is 0 Å². The van der Waals surface area contributed by atoms with Gasteiger partial charge in [0.05, 0.1) is 6.07 Å². The van der Waals surface area contributed by atoms with E-state index >= 15 is 0 Å². The minimum atomic E-state index is -0.899. The molecule has 0 atom stereocenters. The second kappa shape index (κ2) is 4.48. The molecule has 0 N–H and O–H groups in total. The fourth-order valence-corrected chi connectivity index (χ4v) is 2.31. The molecule has 1 saturated heterocycles. The zero-order valence-electron chi connectivity index (χ0n) is 11.0. The Morgan fingerprint density at radius 1 is 1.24 bits per heavy atom. The Balaban J connectivity index is 2.86. The standard InChI is InChI=1S/C13H20N2O2/c1-10(16)15-7-5-13(9-14,6-8-15)11(17)12(2,3)4/h5-8H2,1-4H3. The average molecular weight is 236 g/mol. The number of nitrogens with zero attached hydrogens (tertiary/aromatic N) is 2. The van der Waals surface area contributed by atoms with Crippen LogP contribution in [0, 0.1) is 22.2 Å². The fraction of sp³-hybridized carbons (Fsp3) is 0.769. The first-order valence-electron chi connectivity index (χ1n) is 5.95. The van der Waals surface area contributed by atoms with Gasteiger partial charge in [-0.05, 0) is 12.8 Å². The van der Waals surface area contributed by atoms with Crippen molar-refractivity contribution in [2.45, 2.75) is 40.5 Å². The first-order valence-corrected chi connectivity index (χ1v) is 5.95. The molecular formula is C13H20N2O2. The first-order chi connectivity index (χ1) is 7.73. The Bertz CT molecular complexity index is 366. The lowest BCUT2D eigenvalue weighted by molar-refractivity contribution is -0.140. The van der Waals surface area contributed by atoms with Crippen LogP contribution in [0.3, 0.4) is 0 Å². The molecule has 1 amide bonds. The predicted molar refractivity (Wildman–Crippen MR) is 64.0 cm³/mol. The van der Waals surface area contributed by atoms with Gasteiger partial charge in [0.15, 0.2) is 5.78 Å². The third-order valence-electron chi connectivity index (χ3n) is 3.39. The van der Waals surface area contributed by atoms with Gasteiger partial charge >= 0.3 is 0 Å². The number of piperidine rings is 1. The molecule has 0 aromatic heterocycles. The number of amides is 1. The molecule has 0 bridgehead atoms. The first kappa shape index (κ1) is 13.7. The minimum Gasteiger partial charge on any atom is -0.343 e. The van der Waals surface area contributed by atoms with Gasteiger partial charge in [0.25, 0.3) is 0 Å². The van der Waals surface area contributed by atoms with Crippen molar-refractivity contribution in [2.75, 3.05) is 13.1 Å². The number of carbonyl (C=O) groups excluding carboxylic acids is 2. The molecule has 1 fully saturated rings. The molecule has 4 heteroatoms. The summed E-state index contributed by atoms with van der Waals surface area (Å²) in [5.41, 5.74) is -1.40. The summed E-state index contributed by atoms with van der Waals surface area (Å²) in [6.45, 7) is 8.05.